The molecule has 2 amide bonds. The average molecular weight is 617 g/mol. The number of methoxy groups -OCH3 is 1. The first kappa shape index (κ1) is 30.2. The first-order valence-corrected chi connectivity index (χ1v) is 14.6. The van der Waals surface area contributed by atoms with Gasteiger partial charge in [0.1, 0.15) is 18.3 Å². The van der Waals surface area contributed by atoms with Crippen molar-refractivity contribution in [3.8, 4) is 5.75 Å². The Morgan fingerprint density at radius 3 is 2.21 bits per heavy atom. The number of nitrogens with zero attached hydrogens (tertiary/aromatic N) is 2. The minimum Gasteiger partial charge on any atom is -0.497 e. The molecule has 0 fully saturated rings. The van der Waals surface area contributed by atoms with E-state index < -0.39 is 34.1 Å². The first-order valence-electron chi connectivity index (χ1n) is 12.4. The summed E-state index contributed by atoms with van der Waals surface area (Å²) in [5.74, 6) is -0.429. The van der Waals surface area contributed by atoms with E-state index in [1.165, 1.54) is 24.1 Å². The number of hydrogen-bond acceptors (Lipinski definition) is 5. The Morgan fingerprint density at radius 1 is 0.974 bits per heavy atom. The van der Waals surface area contributed by atoms with Gasteiger partial charge in [0.15, 0.2) is 0 Å². The normalized spacial score (nSPS) is 12.4. The van der Waals surface area contributed by atoms with Crippen molar-refractivity contribution >= 4 is 43.5 Å². The monoisotopic (exact) mass is 615 g/mol. The van der Waals surface area contributed by atoms with Crippen LogP contribution in [0.4, 0.5) is 5.69 Å². The third-order valence-corrected chi connectivity index (χ3v) is 8.20. The van der Waals surface area contributed by atoms with E-state index in [4.69, 9.17) is 4.74 Å². The number of sulfonamides is 1. The van der Waals surface area contributed by atoms with Crippen LogP contribution >= 0.6 is 15.9 Å². The lowest BCUT2D eigenvalue weighted by atomic mass is 10.1. The molecule has 0 aliphatic carbocycles. The highest BCUT2D eigenvalue weighted by atomic mass is 79.9. The molecule has 0 bridgehead atoms. The lowest BCUT2D eigenvalue weighted by Gasteiger charge is -2.33. The number of carbonyl (C=O) groups is 2. The summed E-state index contributed by atoms with van der Waals surface area (Å²) >= 11 is 3.41. The minimum absolute atomic E-state index is 0.0404. The molecule has 0 heterocycles. The van der Waals surface area contributed by atoms with E-state index in [1.54, 1.807) is 49.4 Å². The van der Waals surface area contributed by atoms with Crippen molar-refractivity contribution in [2.75, 3.05) is 18.0 Å². The molecule has 208 valence electrons. The molecule has 8 nitrogen and oxygen atoms in total. The fourth-order valence-corrected chi connectivity index (χ4v) is 5.55. The molecule has 0 spiro atoms. The summed E-state index contributed by atoms with van der Waals surface area (Å²) in [7, 11) is -2.66. The molecule has 0 saturated carbocycles. The Kier molecular flexibility index (Phi) is 9.79. The van der Waals surface area contributed by atoms with Crippen LogP contribution in [0, 0.1) is 0 Å². The van der Waals surface area contributed by atoms with Crippen LogP contribution in [0.15, 0.2) is 88.2 Å². The largest absolute Gasteiger partial charge is 0.497 e. The van der Waals surface area contributed by atoms with Crippen LogP contribution in [0.2, 0.25) is 0 Å². The van der Waals surface area contributed by atoms with Gasteiger partial charge >= 0.3 is 0 Å². The maximum absolute atomic E-state index is 13.9. The van der Waals surface area contributed by atoms with Crippen molar-refractivity contribution in [2.24, 2.45) is 0 Å². The molecule has 0 aromatic heterocycles. The van der Waals surface area contributed by atoms with Gasteiger partial charge in [-0.25, -0.2) is 8.42 Å². The highest BCUT2D eigenvalue weighted by Gasteiger charge is 2.33. The first-order chi connectivity index (χ1) is 18.3. The SMILES string of the molecule is COc1cccc(N(CC(=O)N(Cc2ccc(Br)cc2)[C@H](C)C(=O)NC(C)(C)C)S(=O)(=O)c2ccccc2)c1. The number of carbonyl (C=O) groups excluding carboxylic acids is 2. The summed E-state index contributed by atoms with van der Waals surface area (Å²) in [4.78, 5) is 28.5. The molecule has 10 heteroatoms. The molecule has 0 aliphatic rings. The second-order valence-electron chi connectivity index (χ2n) is 10.1. The molecule has 39 heavy (non-hydrogen) atoms. The lowest BCUT2D eigenvalue weighted by molar-refractivity contribution is -0.140. The highest BCUT2D eigenvalue weighted by molar-refractivity contribution is 9.10. The van der Waals surface area contributed by atoms with Gasteiger partial charge in [0.05, 0.1) is 17.7 Å². The molecular weight excluding hydrogens is 582 g/mol. The van der Waals surface area contributed by atoms with Crippen LogP contribution in [0.25, 0.3) is 0 Å². The standard InChI is InChI=1S/C29H34BrN3O5S/c1-21(28(35)31-29(2,3)4)32(19-22-14-16-23(30)17-15-22)27(34)20-33(24-10-9-11-25(18-24)38-5)39(36,37)26-12-7-6-8-13-26/h6-18,21H,19-20H2,1-5H3,(H,31,35)/t21-/m1/s1. The number of hydrogen-bond donors (Lipinski definition) is 1. The Balaban J connectivity index is 2.04. The van der Waals surface area contributed by atoms with Crippen molar-refractivity contribution in [3.63, 3.8) is 0 Å². The van der Waals surface area contributed by atoms with Crippen LogP contribution in [-0.4, -0.2) is 50.4 Å². The van der Waals surface area contributed by atoms with Gasteiger partial charge in [0, 0.05) is 22.6 Å². The van der Waals surface area contributed by atoms with E-state index in [9.17, 15) is 18.0 Å². The molecule has 1 N–H and O–H groups in total. The van der Waals surface area contributed by atoms with E-state index in [-0.39, 0.29) is 23.0 Å². The van der Waals surface area contributed by atoms with Crippen molar-refractivity contribution in [3.05, 3.63) is 88.9 Å². The van der Waals surface area contributed by atoms with E-state index in [2.05, 4.69) is 21.2 Å². The summed E-state index contributed by atoms with van der Waals surface area (Å²) < 4.78 is 34.8. The zero-order valence-corrected chi connectivity index (χ0v) is 25.1. The van der Waals surface area contributed by atoms with Gasteiger partial charge < -0.3 is 15.0 Å². The van der Waals surface area contributed by atoms with Gasteiger partial charge in [0.25, 0.3) is 10.0 Å². The van der Waals surface area contributed by atoms with Crippen LogP contribution in [-0.2, 0) is 26.2 Å². The molecule has 1 atom stereocenters. The quantitative estimate of drug-likeness (QED) is 0.347. The summed E-state index contributed by atoms with van der Waals surface area (Å²) in [5.41, 5.74) is 0.545. The predicted molar refractivity (Wildman–Crippen MR) is 156 cm³/mol. The van der Waals surface area contributed by atoms with E-state index in [1.807, 2.05) is 45.0 Å². The Labute approximate surface area is 239 Å². The molecular formula is C29H34BrN3O5S. The smallest absolute Gasteiger partial charge is 0.264 e. The third kappa shape index (κ3) is 8.06. The second-order valence-corrected chi connectivity index (χ2v) is 12.9. The molecule has 3 aromatic carbocycles. The van der Waals surface area contributed by atoms with Crippen LogP contribution in [0.1, 0.15) is 33.3 Å². The average Bonchev–Trinajstić information content (AvgIpc) is 2.90. The fraction of sp³-hybridized carbons (Fsp3) is 0.310. The summed E-state index contributed by atoms with van der Waals surface area (Å²) in [6, 6.07) is 20.9. The second kappa shape index (κ2) is 12.7. The summed E-state index contributed by atoms with van der Waals surface area (Å²) in [5, 5.41) is 2.92. The number of amides is 2. The van der Waals surface area contributed by atoms with Crippen molar-refractivity contribution in [1.82, 2.24) is 10.2 Å². The topological polar surface area (TPSA) is 96.0 Å². The maximum Gasteiger partial charge on any atom is 0.264 e. The number of benzene rings is 3. The van der Waals surface area contributed by atoms with E-state index >= 15 is 0 Å². The minimum atomic E-state index is -4.14. The molecule has 3 rings (SSSR count). The highest BCUT2D eigenvalue weighted by Crippen LogP contribution is 2.27. The molecule has 0 saturated heterocycles. The van der Waals surface area contributed by atoms with Gasteiger partial charge in [-0.15, -0.1) is 0 Å². The molecule has 0 radical (unpaired) electrons. The zero-order valence-electron chi connectivity index (χ0n) is 22.7. The van der Waals surface area contributed by atoms with E-state index in [0.717, 1.165) is 14.3 Å². The zero-order chi connectivity index (χ0) is 28.8. The van der Waals surface area contributed by atoms with Gasteiger partial charge in [-0.1, -0.05) is 52.3 Å². The summed E-state index contributed by atoms with van der Waals surface area (Å²) in [6.45, 7) is 6.80. The molecule has 0 unspecified atom stereocenters. The van der Waals surface area contributed by atoms with Crippen molar-refractivity contribution in [2.45, 2.75) is 50.7 Å². The number of halogens is 1. The van der Waals surface area contributed by atoms with Crippen molar-refractivity contribution in [1.29, 1.82) is 0 Å². The van der Waals surface area contributed by atoms with Crippen molar-refractivity contribution < 1.29 is 22.7 Å². The molecule has 3 aromatic rings. The van der Waals surface area contributed by atoms with Crippen LogP contribution in [0.3, 0.4) is 0 Å². The van der Waals surface area contributed by atoms with Crippen LogP contribution < -0.4 is 14.4 Å². The predicted octanol–water partition coefficient (Wildman–Crippen LogP) is 4.99. The number of anilines is 1. The Hall–Kier alpha value is -3.37. The molecule has 0 aliphatic heterocycles. The number of nitrogens with one attached hydrogen (secondary N) is 1. The lowest BCUT2D eigenvalue weighted by Crippen LogP contribution is -2.54. The van der Waals surface area contributed by atoms with Gasteiger partial charge in [-0.2, -0.15) is 0 Å². The number of ether oxygens (including phenoxy) is 1. The number of rotatable bonds is 10. The Bertz CT molecular complexity index is 1390. The fourth-order valence-electron chi connectivity index (χ4n) is 3.86. The Morgan fingerprint density at radius 2 is 1.62 bits per heavy atom. The van der Waals surface area contributed by atoms with E-state index in [0.29, 0.717) is 5.75 Å². The third-order valence-electron chi connectivity index (χ3n) is 5.88. The van der Waals surface area contributed by atoms with Gasteiger partial charge in [-0.05, 0) is 69.7 Å². The summed E-state index contributed by atoms with van der Waals surface area (Å²) in [6.07, 6.45) is 0. The maximum atomic E-state index is 13.9. The van der Waals surface area contributed by atoms with Gasteiger partial charge in [0.2, 0.25) is 11.8 Å². The van der Waals surface area contributed by atoms with Gasteiger partial charge in [-0.3, -0.25) is 13.9 Å². The van der Waals surface area contributed by atoms with Crippen LogP contribution in [0.5, 0.6) is 5.75 Å².